The molecule has 0 spiro atoms. The number of benzene rings is 1. The van der Waals surface area contributed by atoms with E-state index in [2.05, 4.69) is 5.32 Å². The molecule has 19 heavy (non-hydrogen) atoms. The lowest BCUT2D eigenvalue weighted by Crippen LogP contribution is -2.45. The van der Waals surface area contributed by atoms with Crippen molar-refractivity contribution in [3.63, 3.8) is 0 Å². The van der Waals surface area contributed by atoms with Crippen molar-refractivity contribution in [3.8, 4) is 0 Å². The quantitative estimate of drug-likeness (QED) is 0.923. The number of halogens is 1. The fourth-order valence-electron chi connectivity index (χ4n) is 2.69. The molecule has 1 aliphatic rings. The highest BCUT2D eigenvalue weighted by molar-refractivity contribution is 7.91. The molecule has 3 nitrogen and oxygen atoms in total. The zero-order valence-corrected chi connectivity index (χ0v) is 11.9. The van der Waals surface area contributed by atoms with Gasteiger partial charge in [-0.15, -0.1) is 0 Å². The summed E-state index contributed by atoms with van der Waals surface area (Å²) in [5.74, 6) is -0.254. The molecule has 0 amide bonds. The second-order valence-electron chi connectivity index (χ2n) is 5.27. The average Bonchev–Trinajstić information content (AvgIpc) is 2.37. The van der Waals surface area contributed by atoms with Crippen LogP contribution in [0, 0.1) is 5.82 Å². The van der Waals surface area contributed by atoms with Gasteiger partial charge in [0.2, 0.25) is 0 Å². The summed E-state index contributed by atoms with van der Waals surface area (Å²) >= 11 is 0. The smallest absolute Gasteiger partial charge is 0.151 e. The van der Waals surface area contributed by atoms with Crippen LogP contribution in [0.5, 0.6) is 0 Å². The SMILES string of the molecule is CS(=O)(=O)[C@@H]1CCCC[C@@H]1NCc1ccc(F)cc1. The van der Waals surface area contributed by atoms with E-state index in [0.717, 1.165) is 31.2 Å². The molecule has 106 valence electrons. The first-order chi connectivity index (χ1) is 8.97. The van der Waals surface area contributed by atoms with Crippen LogP contribution < -0.4 is 5.32 Å². The van der Waals surface area contributed by atoms with E-state index in [9.17, 15) is 12.8 Å². The van der Waals surface area contributed by atoms with Gasteiger partial charge in [-0.05, 0) is 30.5 Å². The lowest BCUT2D eigenvalue weighted by atomic mass is 9.94. The summed E-state index contributed by atoms with van der Waals surface area (Å²) in [4.78, 5) is 0. The Morgan fingerprint density at radius 2 is 1.84 bits per heavy atom. The predicted octanol–water partition coefficient (Wildman–Crippen LogP) is 2.27. The Kier molecular flexibility index (Phi) is 4.58. The van der Waals surface area contributed by atoms with E-state index in [1.165, 1.54) is 18.4 Å². The molecule has 1 aromatic carbocycles. The van der Waals surface area contributed by atoms with Gasteiger partial charge in [-0.1, -0.05) is 25.0 Å². The Morgan fingerprint density at radius 1 is 1.21 bits per heavy atom. The van der Waals surface area contributed by atoms with Gasteiger partial charge in [0.25, 0.3) is 0 Å². The van der Waals surface area contributed by atoms with Crippen molar-refractivity contribution < 1.29 is 12.8 Å². The van der Waals surface area contributed by atoms with Crippen LogP contribution >= 0.6 is 0 Å². The molecular weight excluding hydrogens is 265 g/mol. The molecule has 0 aliphatic heterocycles. The number of sulfone groups is 1. The summed E-state index contributed by atoms with van der Waals surface area (Å²) in [5.41, 5.74) is 0.972. The van der Waals surface area contributed by atoms with Gasteiger partial charge in [-0.25, -0.2) is 12.8 Å². The van der Waals surface area contributed by atoms with Crippen molar-refractivity contribution in [2.24, 2.45) is 0 Å². The van der Waals surface area contributed by atoms with Crippen molar-refractivity contribution >= 4 is 9.84 Å². The standard InChI is InChI=1S/C14H20FNO2S/c1-19(17,18)14-5-3-2-4-13(14)16-10-11-6-8-12(15)9-7-11/h6-9,13-14,16H,2-5,10H2,1H3/t13-,14+/m0/s1. The molecule has 0 unspecified atom stereocenters. The molecule has 0 radical (unpaired) electrons. The molecule has 0 heterocycles. The van der Waals surface area contributed by atoms with Crippen LogP contribution in [0.4, 0.5) is 4.39 Å². The van der Waals surface area contributed by atoms with Gasteiger partial charge in [0.15, 0.2) is 9.84 Å². The zero-order valence-electron chi connectivity index (χ0n) is 11.1. The molecule has 1 N–H and O–H groups in total. The highest BCUT2D eigenvalue weighted by Crippen LogP contribution is 2.24. The van der Waals surface area contributed by atoms with E-state index in [1.807, 2.05) is 0 Å². The fourth-order valence-corrected chi connectivity index (χ4v) is 4.12. The summed E-state index contributed by atoms with van der Waals surface area (Å²) in [5, 5.41) is 3.02. The lowest BCUT2D eigenvalue weighted by molar-refractivity contribution is 0.370. The van der Waals surface area contributed by atoms with Crippen molar-refractivity contribution in [1.82, 2.24) is 5.32 Å². The summed E-state index contributed by atoms with van der Waals surface area (Å²) < 4.78 is 36.3. The third-order valence-electron chi connectivity index (χ3n) is 3.73. The largest absolute Gasteiger partial charge is 0.309 e. The monoisotopic (exact) mass is 285 g/mol. The maximum absolute atomic E-state index is 12.8. The predicted molar refractivity (Wildman–Crippen MR) is 74.1 cm³/mol. The van der Waals surface area contributed by atoms with Crippen molar-refractivity contribution in [3.05, 3.63) is 35.6 Å². The molecule has 0 bridgehead atoms. The van der Waals surface area contributed by atoms with Crippen molar-refractivity contribution in [2.75, 3.05) is 6.26 Å². The van der Waals surface area contributed by atoms with E-state index in [0.29, 0.717) is 6.54 Å². The molecule has 1 saturated carbocycles. The van der Waals surface area contributed by atoms with Crippen LogP contribution in [-0.2, 0) is 16.4 Å². The summed E-state index contributed by atoms with van der Waals surface area (Å²) in [6.45, 7) is 0.580. The molecule has 5 heteroatoms. The summed E-state index contributed by atoms with van der Waals surface area (Å²) in [6, 6.07) is 6.30. The van der Waals surface area contributed by atoms with Crippen LogP contribution in [0.25, 0.3) is 0 Å². The molecular formula is C14H20FNO2S. The Labute approximate surface area is 114 Å². The van der Waals surface area contributed by atoms with E-state index in [-0.39, 0.29) is 17.1 Å². The lowest BCUT2D eigenvalue weighted by Gasteiger charge is -2.31. The maximum atomic E-state index is 12.8. The van der Waals surface area contributed by atoms with Gasteiger partial charge in [-0.2, -0.15) is 0 Å². The number of hydrogen-bond donors (Lipinski definition) is 1. The Balaban J connectivity index is 1.98. The molecule has 0 aromatic heterocycles. The first-order valence-electron chi connectivity index (χ1n) is 6.63. The van der Waals surface area contributed by atoms with Crippen molar-refractivity contribution in [2.45, 2.75) is 43.5 Å². The van der Waals surface area contributed by atoms with Crippen LogP contribution in [0.15, 0.2) is 24.3 Å². The van der Waals surface area contributed by atoms with Crippen LogP contribution in [0.3, 0.4) is 0 Å². The van der Waals surface area contributed by atoms with Gasteiger partial charge in [0, 0.05) is 18.8 Å². The van der Waals surface area contributed by atoms with Crippen LogP contribution in [-0.4, -0.2) is 26.0 Å². The molecule has 0 saturated heterocycles. The third kappa shape index (κ3) is 4.01. The van der Waals surface area contributed by atoms with Gasteiger partial charge in [-0.3, -0.25) is 0 Å². The summed E-state index contributed by atoms with van der Waals surface area (Å²) in [6.07, 6.45) is 4.98. The normalized spacial score (nSPS) is 24.3. The molecule has 2 rings (SSSR count). The second-order valence-corrected chi connectivity index (χ2v) is 7.53. The second kappa shape index (κ2) is 6.01. The Bertz CT molecular complexity index is 513. The minimum atomic E-state index is -3.01. The maximum Gasteiger partial charge on any atom is 0.151 e. The van der Waals surface area contributed by atoms with Crippen LogP contribution in [0.1, 0.15) is 31.2 Å². The molecule has 1 fully saturated rings. The van der Waals surface area contributed by atoms with E-state index >= 15 is 0 Å². The van der Waals surface area contributed by atoms with Gasteiger partial charge >= 0.3 is 0 Å². The molecule has 1 aromatic rings. The highest BCUT2D eigenvalue weighted by atomic mass is 32.2. The molecule has 1 aliphatic carbocycles. The Morgan fingerprint density at radius 3 is 2.47 bits per heavy atom. The fraction of sp³-hybridized carbons (Fsp3) is 0.571. The number of rotatable bonds is 4. The van der Waals surface area contributed by atoms with Gasteiger partial charge < -0.3 is 5.32 Å². The van der Waals surface area contributed by atoms with Gasteiger partial charge in [0.05, 0.1) is 5.25 Å². The topological polar surface area (TPSA) is 46.2 Å². The highest BCUT2D eigenvalue weighted by Gasteiger charge is 2.32. The number of hydrogen-bond acceptors (Lipinski definition) is 3. The number of nitrogens with one attached hydrogen (secondary N) is 1. The summed E-state index contributed by atoms with van der Waals surface area (Å²) in [7, 11) is -3.01. The zero-order chi connectivity index (χ0) is 13.9. The Hall–Kier alpha value is -0.940. The van der Waals surface area contributed by atoms with E-state index < -0.39 is 9.84 Å². The first-order valence-corrected chi connectivity index (χ1v) is 8.59. The first kappa shape index (κ1) is 14.5. The molecule has 2 atom stereocenters. The minimum Gasteiger partial charge on any atom is -0.309 e. The van der Waals surface area contributed by atoms with E-state index in [4.69, 9.17) is 0 Å². The van der Waals surface area contributed by atoms with E-state index in [1.54, 1.807) is 12.1 Å². The van der Waals surface area contributed by atoms with Gasteiger partial charge in [0.1, 0.15) is 5.82 Å². The van der Waals surface area contributed by atoms with Crippen LogP contribution in [0.2, 0.25) is 0 Å². The third-order valence-corrected chi connectivity index (χ3v) is 5.40. The average molecular weight is 285 g/mol. The minimum absolute atomic E-state index is 0.00815. The van der Waals surface area contributed by atoms with Crippen molar-refractivity contribution in [1.29, 1.82) is 0 Å².